The Bertz CT molecular complexity index is 1950. The van der Waals surface area contributed by atoms with Gasteiger partial charge in [-0.2, -0.15) is 0 Å². The summed E-state index contributed by atoms with van der Waals surface area (Å²) in [6.07, 6.45) is 1.35. The molecule has 5 aromatic rings. The van der Waals surface area contributed by atoms with Crippen molar-refractivity contribution in [3.8, 4) is 11.5 Å². The third kappa shape index (κ3) is 6.17. The normalized spacial score (nSPS) is 14.8. The lowest BCUT2D eigenvalue weighted by Gasteiger charge is -2.47. The SMILES string of the molecule is CC(C)c1cccc(C(C)C)c1N1CCC(=O)N(c2c(C(C)C)cccc2C(C)C)[C]1c1ccc(N2c3ccccc3Oc3ccccc32)cc1. The summed E-state index contributed by atoms with van der Waals surface area (Å²) in [5.41, 5.74) is 11.2. The zero-order valence-corrected chi connectivity index (χ0v) is 31.3. The van der Waals surface area contributed by atoms with Crippen molar-refractivity contribution in [1.29, 1.82) is 0 Å². The Morgan fingerprint density at radius 1 is 0.510 bits per heavy atom. The van der Waals surface area contributed by atoms with Crippen LogP contribution in [0.25, 0.3) is 0 Å². The summed E-state index contributed by atoms with van der Waals surface area (Å²) in [6, 6.07) is 38.4. The topological polar surface area (TPSA) is 36.0 Å². The highest BCUT2D eigenvalue weighted by molar-refractivity contribution is 6.01. The summed E-state index contributed by atoms with van der Waals surface area (Å²) in [5, 5.41) is 0. The van der Waals surface area contributed by atoms with E-state index < -0.39 is 0 Å². The van der Waals surface area contributed by atoms with E-state index >= 15 is 0 Å². The Balaban J connectivity index is 1.45. The quantitative estimate of drug-likeness (QED) is 0.161. The predicted octanol–water partition coefficient (Wildman–Crippen LogP) is 12.5. The Morgan fingerprint density at radius 2 is 0.961 bits per heavy atom. The standard InChI is InChI=1S/C46H50N3O2/c1-29(2)35-15-13-16-36(30(3)4)44(35)47-28-27-43(50)49(45-37(31(5)6)17-14-18-38(45)32(7)8)46(47)33-23-25-34(26-24-33)48-39-19-9-11-21-41(39)51-42-22-12-10-20-40(42)48/h9-26,29-32H,27-28H2,1-8H3. The summed E-state index contributed by atoms with van der Waals surface area (Å²) in [5.74, 6) is 2.87. The smallest absolute Gasteiger partial charge is 0.231 e. The van der Waals surface area contributed by atoms with Crippen LogP contribution in [-0.4, -0.2) is 12.5 Å². The van der Waals surface area contributed by atoms with Gasteiger partial charge in [-0.1, -0.05) is 128 Å². The van der Waals surface area contributed by atoms with Crippen LogP contribution >= 0.6 is 0 Å². The van der Waals surface area contributed by atoms with E-state index in [0.29, 0.717) is 24.8 Å². The summed E-state index contributed by atoms with van der Waals surface area (Å²) in [6.45, 7) is 18.6. The number of carbonyl (C=O) groups excluding carboxylic acids is 1. The average Bonchev–Trinajstić information content (AvgIpc) is 3.13. The molecule has 1 amide bonds. The molecular weight excluding hydrogens is 627 g/mol. The van der Waals surface area contributed by atoms with Gasteiger partial charge in [0.1, 0.15) is 0 Å². The average molecular weight is 677 g/mol. The molecule has 2 aliphatic heterocycles. The maximum Gasteiger partial charge on any atom is 0.231 e. The number of anilines is 5. The molecule has 7 rings (SSSR count). The van der Waals surface area contributed by atoms with Gasteiger partial charge in [0.2, 0.25) is 5.91 Å². The van der Waals surface area contributed by atoms with Crippen LogP contribution in [0.4, 0.5) is 28.4 Å². The molecule has 51 heavy (non-hydrogen) atoms. The zero-order chi connectivity index (χ0) is 36.0. The fourth-order valence-corrected chi connectivity index (χ4v) is 7.73. The van der Waals surface area contributed by atoms with E-state index in [1.807, 2.05) is 36.4 Å². The lowest BCUT2D eigenvalue weighted by Crippen LogP contribution is -2.53. The molecule has 0 aliphatic carbocycles. The first-order valence-corrected chi connectivity index (χ1v) is 18.6. The highest BCUT2D eigenvalue weighted by Crippen LogP contribution is 2.51. The van der Waals surface area contributed by atoms with E-state index in [4.69, 9.17) is 4.74 Å². The van der Waals surface area contributed by atoms with E-state index in [-0.39, 0.29) is 17.7 Å². The number of carbonyl (C=O) groups is 1. The first-order chi connectivity index (χ1) is 24.6. The Hall–Kier alpha value is -5.03. The van der Waals surface area contributed by atoms with Crippen molar-refractivity contribution in [2.24, 2.45) is 0 Å². The van der Waals surface area contributed by atoms with Gasteiger partial charge in [0.25, 0.3) is 0 Å². The fourth-order valence-electron chi connectivity index (χ4n) is 7.73. The number of benzene rings is 5. The third-order valence-corrected chi connectivity index (χ3v) is 10.3. The monoisotopic (exact) mass is 676 g/mol. The van der Waals surface area contributed by atoms with E-state index in [1.165, 1.54) is 27.9 Å². The number of hydrogen-bond donors (Lipinski definition) is 0. The second-order valence-electron chi connectivity index (χ2n) is 15.1. The summed E-state index contributed by atoms with van der Waals surface area (Å²) in [7, 11) is 0. The molecule has 0 saturated carbocycles. The number of fused-ring (bicyclic) bond motifs is 2. The third-order valence-electron chi connectivity index (χ3n) is 10.3. The van der Waals surface area contributed by atoms with Gasteiger partial charge >= 0.3 is 0 Å². The molecule has 1 saturated heterocycles. The van der Waals surface area contributed by atoms with Gasteiger partial charge < -0.3 is 14.5 Å². The minimum absolute atomic E-state index is 0.129. The first-order valence-electron chi connectivity index (χ1n) is 18.6. The van der Waals surface area contributed by atoms with E-state index in [0.717, 1.165) is 46.0 Å². The van der Waals surface area contributed by atoms with Crippen molar-refractivity contribution in [3.05, 3.63) is 143 Å². The van der Waals surface area contributed by atoms with Crippen molar-refractivity contribution >= 4 is 34.3 Å². The maximum atomic E-state index is 14.6. The highest BCUT2D eigenvalue weighted by atomic mass is 16.5. The Kier molecular flexibility index (Phi) is 9.41. The Labute approximate surface area is 304 Å². The summed E-state index contributed by atoms with van der Waals surface area (Å²) >= 11 is 0. The molecule has 5 heteroatoms. The minimum Gasteiger partial charge on any atom is -0.453 e. The van der Waals surface area contributed by atoms with Gasteiger partial charge in [-0.05, 0) is 82.3 Å². The van der Waals surface area contributed by atoms with E-state index in [9.17, 15) is 4.79 Å². The van der Waals surface area contributed by atoms with Gasteiger partial charge in [0, 0.05) is 29.9 Å². The molecule has 0 unspecified atom stereocenters. The molecule has 0 aromatic heterocycles. The van der Waals surface area contributed by atoms with Crippen LogP contribution in [0.1, 0.15) is 113 Å². The molecule has 261 valence electrons. The van der Waals surface area contributed by atoms with Crippen LogP contribution < -0.4 is 19.4 Å². The number of nitrogens with zero attached hydrogens (tertiary/aromatic N) is 3. The van der Waals surface area contributed by atoms with Crippen molar-refractivity contribution in [2.75, 3.05) is 21.2 Å². The van der Waals surface area contributed by atoms with Gasteiger partial charge in [-0.15, -0.1) is 0 Å². The van der Waals surface area contributed by atoms with Gasteiger partial charge in [-0.25, -0.2) is 0 Å². The van der Waals surface area contributed by atoms with Crippen LogP contribution in [0.5, 0.6) is 11.5 Å². The summed E-state index contributed by atoms with van der Waals surface area (Å²) in [4.78, 5) is 21.4. The van der Waals surface area contributed by atoms with Crippen LogP contribution in [0.15, 0.2) is 109 Å². The van der Waals surface area contributed by atoms with Gasteiger partial charge in [0.15, 0.2) is 17.7 Å². The first kappa shape index (κ1) is 34.4. The largest absolute Gasteiger partial charge is 0.453 e. The molecule has 2 heterocycles. The second kappa shape index (κ2) is 13.9. The number of amides is 1. The number of hydrogen-bond acceptors (Lipinski definition) is 4. The molecule has 0 atom stereocenters. The van der Waals surface area contributed by atoms with Gasteiger partial charge in [0.05, 0.1) is 17.1 Å². The van der Waals surface area contributed by atoms with Crippen molar-refractivity contribution in [3.63, 3.8) is 0 Å². The van der Waals surface area contributed by atoms with Crippen molar-refractivity contribution in [1.82, 2.24) is 0 Å². The lowest BCUT2D eigenvalue weighted by atomic mass is 9.88. The number of ether oxygens (including phenoxy) is 1. The van der Waals surface area contributed by atoms with Crippen molar-refractivity contribution in [2.45, 2.75) is 85.5 Å². The molecule has 0 bridgehead atoms. The molecule has 0 N–H and O–H groups in total. The number of para-hydroxylation sites is 6. The molecular formula is C46H50N3O2. The second-order valence-corrected chi connectivity index (χ2v) is 15.1. The van der Waals surface area contributed by atoms with E-state index in [2.05, 4.69) is 143 Å². The van der Waals surface area contributed by atoms with Crippen LogP contribution in [0, 0.1) is 6.17 Å². The summed E-state index contributed by atoms with van der Waals surface area (Å²) < 4.78 is 6.31. The number of rotatable bonds is 8. The van der Waals surface area contributed by atoms with Gasteiger partial charge in [-0.3, -0.25) is 9.69 Å². The zero-order valence-electron chi connectivity index (χ0n) is 31.3. The molecule has 1 radical (unpaired) electrons. The van der Waals surface area contributed by atoms with Crippen LogP contribution in [0.2, 0.25) is 0 Å². The molecule has 0 spiro atoms. The molecule has 1 fully saturated rings. The van der Waals surface area contributed by atoms with Crippen LogP contribution in [-0.2, 0) is 4.79 Å². The highest BCUT2D eigenvalue weighted by Gasteiger charge is 2.42. The fraction of sp³-hybridized carbons (Fsp3) is 0.304. The van der Waals surface area contributed by atoms with Crippen molar-refractivity contribution < 1.29 is 9.53 Å². The van der Waals surface area contributed by atoms with E-state index in [1.54, 1.807) is 0 Å². The molecule has 5 aromatic carbocycles. The predicted molar refractivity (Wildman–Crippen MR) is 212 cm³/mol. The Morgan fingerprint density at radius 3 is 1.43 bits per heavy atom. The molecule has 5 nitrogen and oxygen atoms in total. The molecule has 2 aliphatic rings. The maximum absolute atomic E-state index is 14.6. The minimum atomic E-state index is 0.129. The lowest BCUT2D eigenvalue weighted by molar-refractivity contribution is -0.118. The van der Waals surface area contributed by atoms with Crippen LogP contribution in [0.3, 0.4) is 0 Å².